The number of carbonyl (C=O) groups is 1. The number of benzene rings is 2. The summed E-state index contributed by atoms with van der Waals surface area (Å²) in [5.41, 5.74) is 4.15. The predicted octanol–water partition coefficient (Wildman–Crippen LogP) is 8.06. The number of hydrogen-bond acceptors (Lipinski definition) is 8. The molecule has 3 atom stereocenters. The molecule has 1 spiro atoms. The summed E-state index contributed by atoms with van der Waals surface area (Å²) >= 11 is 0. The van der Waals surface area contributed by atoms with E-state index in [1.165, 1.54) is 31.0 Å². The van der Waals surface area contributed by atoms with Crippen LogP contribution in [0.2, 0.25) is 0 Å². The number of sulfonamides is 1. The van der Waals surface area contributed by atoms with Gasteiger partial charge in [0.05, 0.1) is 22.3 Å². The molecule has 1 N–H and O–H groups in total. The van der Waals surface area contributed by atoms with Crippen LogP contribution in [0, 0.1) is 30.5 Å². The zero-order valence-corrected chi connectivity index (χ0v) is 32.7. The van der Waals surface area contributed by atoms with E-state index in [2.05, 4.69) is 40.4 Å². The Morgan fingerprint density at radius 3 is 2.37 bits per heavy atom. The normalized spacial score (nSPS) is 23.1. The number of halogens is 1. The molecular weight excluding hydrogens is 704 g/mol. The van der Waals surface area contributed by atoms with Gasteiger partial charge >= 0.3 is 0 Å². The minimum Gasteiger partial charge on any atom is -0.475 e. The van der Waals surface area contributed by atoms with Crippen molar-refractivity contribution in [2.45, 2.75) is 109 Å². The highest BCUT2D eigenvalue weighted by atomic mass is 32.2. The van der Waals surface area contributed by atoms with Gasteiger partial charge in [-0.15, -0.1) is 0 Å². The lowest BCUT2D eigenvalue weighted by Gasteiger charge is -2.48. The second-order valence-corrected chi connectivity index (χ2v) is 18.9. The molecule has 3 heterocycles. The molecule has 2 aromatic heterocycles. The summed E-state index contributed by atoms with van der Waals surface area (Å²) in [7, 11) is -2.18. The van der Waals surface area contributed by atoms with Crippen molar-refractivity contribution < 1.29 is 22.3 Å². The molecule has 3 aliphatic carbocycles. The van der Waals surface area contributed by atoms with Gasteiger partial charge in [-0.3, -0.25) is 4.79 Å². The average molecular weight is 753 g/mol. The fraction of sp³-hybridized carbons (Fsp3) is 0.476. The molecule has 3 saturated carbocycles. The highest BCUT2D eigenvalue weighted by Gasteiger charge is 2.54. The van der Waals surface area contributed by atoms with Crippen LogP contribution in [-0.2, 0) is 10.0 Å². The van der Waals surface area contributed by atoms with Crippen LogP contribution < -0.4 is 14.4 Å². The van der Waals surface area contributed by atoms with E-state index in [0.29, 0.717) is 42.1 Å². The lowest BCUT2D eigenvalue weighted by molar-refractivity contribution is 0.0157. The van der Waals surface area contributed by atoms with Crippen LogP contribution in [0.4, 0.5) is 16.2 Å². The molecule has 4 aliphatic rings. The fourth-order valence-corrected chi connectivity index (χ4v) is 9.74. The highest BCUT2D eigenvalue weighted by molar-refractivity contribution is 7.92. The highest BCUT2D eigenvalue weighted by Crippen LogP contribution is 2.62. The van der Waals surface area contributed by atoms with Crippen LogP contribution in [0.1, 0.15) is 98.8 Å². The number of amides is 1. The first kappa shape index (κ1) is 36.4. The molecule has 3 fully saturated rings. The molecule has 0 radical (unpaired) electrons. The quantitative estimate of drug-likeness (QED) is 0.210. The third-order valence-electron chi connectivity index (χ3n) is 12.0. The van der Waals surface area contributed by atoms with Crippen molar-refractivity contribution >= 4 is 27.7 Å². The lowest BCUT2D eigenvalue weighted by atomic mass is 9.74. The maximum absolute atomic E-state index is 15.9. The number of anilines is 2. The van der Waals surface area contributed by atoms with Crippen LogP contribution >= 0.6 is 0 Å². The second kappa shape index (κ2) is 13.3. The smallest absolute Gasteiger partial charge is 0.264 e. The first-order chi connectivity index (χ1) is 25.6. The number of carbonyl (C=O) groups excluding carboxylic acids is 1. The summed E-state index contributed by atoms with van der Waals surface area (Å²) < 4.78 is 52.6. The Kier molecular flexibility index (Phi) is 8.98. The number of nitrogens with one attached hydrogen (secondary N) is 1. The van der Waals surface area contributed by atoms with E-state index >= 15 is 4.39 Å². The van der Waals surface area contributed by atoms with Crippen LogP contribution in [0.15, 0.2) is 65.6 Å². The number of rotatable bonds is 6. The van der Waals surface area contributed by atoms with Crippen LogP contribution in [0.5, 0.6) is 5.88 Å². The number of aryl methyl sites for hydroxylation is 2. The first-order valence-electron chi connectivity index (χ1n) is 19.0. The summed E-state index contributed by atoms with van der Waals surface area (Å²) in [5, 5.41) is 0. The Morgan fingerprint density at radius 1 is 0.981 bits per heavy atom. The molecular formula is C42H49FN6O4S. The van der Waals surface area contributed by atoms with Crippen LogP contribution in [0.25, 0.3) is 11.3 Å². The van der Waals surface area contributed by atoms with Crippen molar-refractivity contribution in [2.24, 2.45) is 10.8 Å². The van der Waals surface area contributed by atoms with E-state index in [9.17, 15) is 13.2 Å². The van der Waals surface area contributed by atoms with Crippen molar-refractivity contribution in [3.8, 4) is 17.1 Å². The summed E-state index contributed by atoms with van der Waals surface area (Å²) in [6.07, 6.45) is 6.73. The molecule has 4 aromatic rings. The monoisotopic (exact) mass is 752 g/mol. The van der Waals surface area contributed by atoms with E-state index in [1.54, 1.807) is 24.3 Å². The Morgan fingerprint density at radius 2 is 1.70 bits per heavy atom. The summed E-state index contributed by atoms with van der Waals surface area (Å²) in [5.74, 6) is -0.298. The topological polar surface area (TPSA) is 118 Å². The Balaban J connectivity index is 1.20. The third-order valence-corrected chi connectivity index (χ3v) is 13.3. The minimum atomic E-state index is -4.22. The molecule has 4 bridgehead atoms. The molecule has 54 heavy (non-hydrogen) atoms. The first-order valence-corrected chi connectivity index (χ1v) is 20.5. The second-order valence-electron chi connectivity index (χ2n) is 17.2. The Labute approximate surface area is 317 Å². The van der Waals surface area contributed by atoms with Gasteiger partial charge in [0.15, 0.2) is 0 Å². The van der Waals surface area contributed by atoms with Gasteiger partial charge in [0.1, 0.15) is 18.2 Å². The van der Waals surface area contributed by atoms with E-state index in [4.69, 9.17) is 9.72 Å². The van der Waals surface area contributed by atoms with Crippen molar-refractivity contribution in [3.05, 3.63) is 88.9 Å². The third kappa shape index (κ3) is 6.93. The maximum atomic E-state index is 15.9. The fourth-order valence-electron chi connectivity index (χ4n) is 8.75. The van der Waals surface area contributed by atoms with E-state index in [1.807, 2.05) is 44.0 Å². The van der Waals surface area contributed by atoms with Gasteiger partial charge in [0.2, 0.25) is 11.8 Å². The molecule has 2 aromatic carbocycles. The predicted molar refractivity (Wildman–Crippen MR) is 207 cm³/mol. The maximum Gasteiger partial charge on any atom is 0.264 e. The van der Waals surface area contributed by atoms with Crippen molar-refractivity contribution in [1.82, 2.24) is 19.9 Å². The van der Waals surface area contributed by atoms with E-state index in [-0.39, 0.29) is 52.0 Å². The average Bonchev–Trinajstić information content (AvgIpc) is 3.89. The molecule has 1 aliphatic heterocycles. The van der Waals surface area contributed by atoms with E-state index in [0.717, 1.165) is 35.3 Å². The SMILES string of the molecule is Cc1cccc(C)c1-c1cc2nc(n1)NS(=O)(=O)c1cccc(c1)C(=O)N(C1CCC1c1nc(N(C)C3CC4(CC4)C3)ccc1F)[C@H](CC(C)(C)C)CO2. The number of fused-ring (bicyclic) bond motifs is 4. The number of pyridine rings is 1. The number of aromatic nitrogens is 3. The van der Waals surface area contributed by atoms with Gasteiger partial charge in [-0.05, 0) is 111 Å². The zero-order chi connectivity index (χ0) is 38.2. The molecule has 12 heteroatoms. The van der Waals surface area contributed by atoms with E-state index < -0.39 is 22.1 Å². The van der Waals surface area contributed by atoms with Crippen molar-refractivity contribution in [1.29, 1.82) is 0 Å². The lowest BCUT2D eigenvalue weighted by Crippen LogP contribution is -2.56. The standard InChI is InChI=1S/C42H49FN6O4S/c1-25-9-7-10-26(2)37(25)33-20-36-46-40(44-33)47-54(51,52)30-12-8-11-27(19-30)39(50)49(29(24-53-36)21-41(3,4)5)34-15-13-31(34)38-32(43)14-16-35(45-38)48(6)28-22-42(23-28)17-18-42/h7-12,14,16,19-20,28-29,31,34H,13,15,17-18,21-24H2,1-6H3,(H,44,46,47)/t29-,31?,34?/m1/s1. The molecule has 10 nitrogen and oxygen atoms in total. The molecule has 1 amide bonds. The summed E-state index contributed by atoms with van der Waals surface area (Å²) in [6.45, 7) is 10.4. The number of hydrogen-bond donors (Lipinski definition) is 1. The molecule has 8 rings (SSSR count). The zero-order valence-electron chi connectivity index (χ0n) is 31.9. The largest absolute Gasteiger partial charge is 0.475 e. The number of ether oxygens (including phenoxy) is 1. The summed E-state index contributed by atoms with van der Waals surface area (Å²) in [4.78, 5) is 32.9. The number of nitrogens with zero attached hydrogens (tertiary/aromatic N) is 5. The Bertz CT molecular complexity index is 2210. The van der Waals surface area contributed by atoms with Gasteiger partial charge in [0, 0.05) is 42.2 Å². The molecule has 0 saturated heterocycles. The van der Waals surface area contributed by atoms with Gasteiger partial charge in [-0.2, -0.15) is 4.98 Å². The van der Waals surface area contributed by atoms with Gasteiger partial charge < -0.3 is 14.5 Å². The van der Waals surface area contributed by atoms with Crippen LogP contribution in [0.3, 0.4) is 0 Å². The minimum absolute atomic E-state index is 0.0729. The van der Waals surface area contributed by atoms with Crippen molar-refractivity contribution in [3.63, 3.8) is 0 Å². The summed E-state index contributed by atoms with van der Waals surface area (Å²) in [6, 6.07) is 16.5. The molecule has 284 valence electrons. The Hall–Kier alpha value is -4.58. The van der Waals surface area contributed by atoms with Crippen LogP contribution in [-0.4, -0.2) is 66.0 Å². The molecule has 2 unspecified atom stereocenters. The van der Waals surface area contributed by atoms with Gasteiger partial charge in [-0.1, -0.05) is 45.0 Å². The van der Waals surface area contributed by atoms with Gasteiger partial charge in [-0.25, -0.2) is 27.5 Å². The van der Waals surface area contributed by atoms with Gasteiger partial charge in [0.25, 0.3) is 15.9 Å². The van der Waals surface area contributed by atoms with Crippen molar-refractivity contribution in [2.75, 3.05) is 23.3 Å².